The molecule has 0 aromatic rings. The van der Waals surface area contributed by atoms with E-state index in [1.807, 2.05) is 0 Å². The fourth-order valence-corrected chi connectivity index (χ4v) is 3.63. The molecule has 20 heavy (non-hydrogen) atoms. The van der Waals surface area contributed by atoms with Gasteiger partial charge in [-0.05, 0) is 30.7 Å². The monoisotopic (exact) mass is 286 g/mol. The van der Waals surface area contributed by atoms with Crippen LogP contribution in [0.4, 0.5) is 0 Å². The zero-order valence-corrected chi connectivity index (χ0v) is 13.7. The Bertz CT molecular complexity index is 251. The summed E-state index contributed by atoms with van der Waals surface area (Å²) in [6.45, 7) is 10.4. The Morgan fingerprint density at radius 1 is 1.40 bits per heavy atom. The summed E-state index contributed by atoms with van der Waals surface area (Å²) in [5.41, 5.74) is 0.372. The average Bonchev–Trinajstić information content (AvgIpc) is 2.43. The van der Waals surface area contributed by atoms with Crippen molar-refractivity contribution in [2.75, 3.05) is 53.0 Å². The van der Waals surface area contributed by atoms with Gasteiger partial charge in [-0.15, -0.1) is 0 Å². The van der Waals surface area contributed by atoms with Crippen molar-refractivity contribution in [1.29, 1.82) is 0 Å². The highest BCUT2D eigenvalue weighted by Gasteiger charge is 2.35. The second-order valence-electron chi connectivity index (χ2n) is 6.47. The van der Waals surface area contributed by atoms with Crippen LogP contribution in [-0.2, 0) is 4.74 Å². The van der Waals surface area contributed by atoms with E-state index < -0.39 is 0 Å². The Labute approximate surface area is 124 Å². The third-order valence-corrected chi connectivity index (χ3v) is 4.52. The quantitative estimate of drug-likeness (QED) is 0.642. The first-order valence-electron chi connectivity index (χ1n) is 8.18. The zero-order chi connectivity index (χ0) is 14.8. The van der Waals surface area contributed by atoms with Crippen LogP contribution in [0.15, 0.2) is 0 Å². The van der Waals surface area contributed by atoms with Crippen LogP contribution in [0.1, 0.15) is 39.5 Å². The maximum Gasteiger partial charge on any atom is 0.0589 e. The smallest absolute Gasteiger partial charge is 0.0589 e. The van der Waals surface area contributed by atoms with Gasteiger partial charge in [-0.2, -0.15) is 0 Å². The molecule has 0 aromatic heterocycles. The number of nitrogens with one attached hydrogen (secondary N) is 1. The highest BCUT2D eigenvalue weighted by Crippen LogP contribution is 2.39. The SMILES string of the molecule is CCNCC1(CN(CCO)CCOC)CCCC(C)C1. The van der Waals surface area contributed by atoms with Crippen LogP contribution in [0.5, 0.6) is 0 Å². The molecule has 0 amide bonds. The van der Waals surface area contributed by atoms with Gasteiger partial charge in [0.1, 0.15) is 0 Å². The van der Waals surface area contributed by atoms with Gasteiger partial charge in [0.2, 0.25) is 0 Å². The summed E-state index contributed by atoms with van der Waals surface area (Å²) >= 11 is 0. The maximum absolute atomic E-state index is 9.28. The lowest BCUT2D eigenvalue weighted by Gasteiger charge is -2.43. The molecule has 2 unspecified atom stereocenters. The molecule has 1 rings (SSSR count). The minimum atomic E-state index is 0.233. The van der Waals surface area contributed by atoms with Crippen molar-refractivity contribution in [2.24, 2.45) is 11.3 Å². The van der Waals surface area contributed by atoms with E-state index in [0.29, 0.717) is 5.41 Å². The fraction of sp³-hybridized carbons (Fsp3) is 1.00. The van der Waals surface area contributed by atoms with Crippen molar-refractivity contribution in [2.45, 2.75) is 39.5 Å². The Hall–Kier alpha value is -0.160. The third-order valence-electron chi connectivity index (χ3n) is 4.52. The molecule has 0 saturated heterocycles. The van der Waals surface area contributed by atoms with Gasteiger partial charge in [0.15, 0.2) is 0 Å². The summed E-state index contributed by atoms with van der Waals surface area (Å²) in [5, 5.41) is 12.8. The highest BCUT2D eigenvalue weighted by atomic mass is 16.5. The second-order valence-corrected chi connectivity index (χ2v) is 6.47. The van der Waals surface area contributed by atoms with Gasteiger partial charge in [-0.25, -0.2) is 0 Å². The Morgan fingerprint density at radius 3 is 2.80 bits per heavy atom. The van der Waals surface area contributed by atoms with Gasteiger partial charge in [0.05, 0.1) is 13.2 Å². The van der Waals surface area contributed by atoms with Crippen molar-refractivity contribution in [1.82, 2.24) is 10.2 Å². The van der Waals surface area contributed by atoms with E-state index in [1.54, 1.807) is 7.11 Å². The number of nitrogens with zero attached hydrogens (tertiary/aromatic N) is 1. The van der Waals surface area contributed by atoms with Crippen LogP contribution in [0.25, 0.3) is 0 Å². The van der Waals surface area contributed by atoms with Crippen molar-refractivity contribution in [3.8, 4) is 0 Å². The molecular weight excluding hydrogens is 252 g/mol. The van der Waals surface area contributed by atoms with Gasteiger partial charge >= 0.3 is 0 Å². The lowest BCUT2D eigenvalue weighted by atomic mass is 9.69. The Kier molecular flexibility index (Phi) is 8.69. The molecule has 0 bridgehead atoms. The van der Waals surface area contributed by atoms with Crippen molar-refractivity contribution in [3.05, 3.63) is 0 Å². The van der Waals surface area contributed by atoms with Gasteiger partial charge in [0.25, 0.3) is 0 Å². The molecule has 1 saturated carbocycles. The van der Waals surface area contributed by atoms with Crippen LogP contribution in [0.2, 0.25) is 0 Å². The minimum Gasteiger partial charge on any atom is -0.395 e. The van der Waals surface area contributed by atoms with Gasteiger partial charge in [0, 0.05) is 33.3 Å². The van der Waals surface area contributed by atoms with Crippen LogP contribution in [0, 0.1) is 11.3 Å². The number of ether oxygens (including phenoxy) is 1. The Morgan fingerprint density at radius 2 is 2.20 bits per heavy atom. The summed E-state index contributed by atoms with van der Waals surface area (Å²) in [6.07, 6.45) is 5.31. The maximum atomic E-state index is 9.28. The molecule has 1 aliphatic rings. The predicted octanol–water partition coefficient (Wildman–Crippen LogP) is 1.73. The number of hydrogen-bond donors (Lipinski definition) is 2. The van der Waals surface area contributed by atoms with Crippen LogP contribution in [-0.4, -0.2) is 63.1 Å². The van der Waals surface area contributed by atoms with Gasteiger partial charge in [-0.1, -0.05) is 26.7 Å². The molecule has 0 radical (unpaired) electrons. The predicted molar refractivity (Wildman–Crippen MR) is 84.0 cm³/mol. The molecule has 0 heterocycles. The van der Waals surface area contributed by atoms with Crippen LogP contribution in [0.3, 0.4) is 0 Å². The topological polar surface area (TPSA) is 44.7 Å². The molecule has 1 aliphatic carbocycles. The summed E-state index contributed by atoms with van der Waals surface area (Å²) in [5.74, 6) is 0.820. The lowest BCUT2D eigenvalue weighted by molar-refractivity contribution is 0.0549. The molecule has 4 nitrogen and oxygen atoms in total. The molecule has 4 heteroatoms. The first kappa shape index (κ1) is 17.9. The lowest BCUT2D eigenvalue weighted by Crippen LogP contribution is -2.48. The first-order valence-corrected chi connectivity index (χ1v) is 8.18. The standard InChI is InChI=1S/C16H34N2O2/c1-4-17-13-16(7-5-6-15(2)12-16)14-18(8-10-19)9-11-20-3/h15,17,19H,4-14H2,1-3H3. The number of rotatable bonds is 10. The molecular formula is C16H34N2O2. The minimum absolute atomic E-state index is 0.233. The normalized spacial score (nSPS) is 27.1. The van der Waals surface area contributed by atoms with E-state index in [2.05, 4.69) is 24.1 Å². The molecule has 2 N–H and O–H groups in total. The second kappa shape index (κ2) is 9.72. The largest absolute Gasteiger partial charge is 0.395 e. The number of aliphatic hydroxyl groups is 1. The first-order chi connectivity index (χ1) is 9.65. The molecule has 0 aromatic carbocycles. The molecule has 1 fully saturated rings. The third kappa shape index (κ3) is 6.08. The summed E-state index contributed by atoms with van der Waals surface area (Å²) in [6, 6.07) is 0. The molecule has 0 spiro atoms. The van der Waals surface area contributed by atoms with Gasteiger partial charge in [-0.3, -0.25) is 4.90 Å². The molecule has 0 aliphatic heterocycles. The zero-order valence-electron chi connectivity index (χ0n) is 13.7. The van der Waals surface area contributed by atoms with E-state index in [4.69, 9.17) is 4.74 Å². The van der Waals surface area contributed by atoms with E-state index in [9.17, 15) is 5.11 Å². The summed E-state index contributed by atoms with van der Waals surface area (Å²) < 4.78 is 5.20. The average molecular weight is 286 g/mol. The molecule has 120 valence electrons. The van der Waals surface area contributed by atoms with E-state index in [-0.39, 0.29) is 6.61 Å². The van der Waals surface area contributed by atoms with Crippen LogP contribution < -0.4 is 5.32 Å². The fourth-order valence-electron chi connectivity index (χ4n) is 3.63. The van der Waals surface area contributed by atoms with Crippen LogP contribution >= 0.6 is 0 Å². The molecule has 2 atom stereocenters. The number of aliphatic hydroxyl groups excluding tert-OH is 1. The van der Waals surface area contributed by atoms with E-state index >= 15 is 0 Å². The van der Waals surface area contributed by atoms with Crippen molar-refractivity contribution < 1.29 is 9.84 Å². The number of methoxy groups -OCH3 is 1. The van der Waals surface area contributed by atoms with Crippen molar-refractivity contribution >= 4 is 0 Å². The van der Waals surface area contributed by atoms with Crippen molar-refractivity contribution in [3.63, 3.8) is 0 Å². The van der Waals surface area contributed by atoms with Gasteiger partial charge < -0.3 is 15.2 Å². The van der Waals surface area contributed by atoms with E-state index in [0.717, 1.165) is 45.2 Å². The highest BCUT2D eigenvalue weighted by molar-refractivity contribution is 4.90. The summed E-state index contributed by atoms with van der Waals surface area (Å²) in [7, 11) is 1.74. The van der Waals surface area contributed by atoms with E-state index in [1.165, 1.54) is 25.7 Å². The number of hydrogen-bond acceptors (Lipinski definition) is 4. The Balaban J connectivity index is 2.64. The summed E-state index contributed by atoms with van der Waals surface area (Å²) in [4.78, 5) is 2.37.